The van der Waals surface area contributed by atoms with Crippen molar-refractivity contribution < 1.29 is 18.7 Å². The Kier molecular flexibility index (Phi) is 10.1. The van der Waals surface area contributed by atoms with Gasteiger partial charge in [0.15, 0.2) is 11.6 Å². The first-order chi connectivity index (χ1) is 16.0. The number of nitrogens with two attached hydrogens (primary N) is 1. The van der Waals surface area contributed by atoms with Crippen LogP contribution in [0.25, 0.3) is 0 Å². The maximum Gasteiger partial charge on any atom is 0.181 e. The van der Waals surface area contributed by atoms with Crippen LogP contribution in [0.4, 0.5) is 4.39 Å². The molecule has 1 heterocycles. The molecular weight excluding hydrogens is 443 g/mol. The smallest absolute Gasteiger partial charge is 0.181 e. The molecule has 0 aliphatic carbocycles. The highest BCUT2D eigenvalue weighted by Gasteiger charge is 2.27. The Hall–Kier alpha value is -1.99. The number of carbonyl (C=O) groups is 1. The number of Topliss-reactive ketones (excluding diaryl/α,β-unsaturated/α-hetero) is 1. The number of benzene rings is 2. The van der Waals surface area contributed by atoms with E-state index in [0.29, 0.717) is 43.0 Å². The van der Waals surface area contributed by atoms with Crippen molar-refractivity contribution in [1.82, 2.24) is 5.32 Å². The number of rotatable bonds is 12. The molecule has 180 valence electrons. The lowest BCUT2D eigenvalue weighted by atomic mass is 9.88. The molecule has 3 rings (SSSR count). The third-order valence-electron chi connectivity index (χ3n) is 6.01. The van der Waals surface area contributed by atoms with Gasteiger partial charge in [-0.2, -0.15) is 0 Å². The largest absolute Gasteiger partial charge is 0.453 e. The Morgan fingerprint density at radius 1 is 1.24 bits per heavy atom. The second-order valence-electron chi connectivity index (χ2n) is 8.74. The molecule has 1 aliphatic rings. The maximum atomic E-state index is 15.7. The number of ether oxygens (including phenoxy) is 2. The molecule has 0 unspecified atom stereocenters. The first-order valence-electron chi connectivity index (χ1n) is 11.7. The van der Waals surface area contributed by atoms with Gasteiger partial charge in [-0.3, -0.25) is 4.79 Å². The van der Waals surface area contributed by atoms with Crippen LogP contribution in [0.2, 0.25) is 5.02 Å². The molecule has 0 saturated carbocycles. The lowest BCUT2D eigenvalue weighted by Crippen LogP contribution is -2.35. The van der Waals surface area contributed by atoms with E-state index in [1.54, 1.807) is 24.3 Å². The fraction of sp³-hybridized carbons (Fsp3) is 0.500. The average molecular weight is 477 g/mol. The minimum atomic E-state index is -0.474. The maximum absolute atomic E-state index is 15.7. The van der Waals surface area contributed by atoms with Gasteiger partial charge >= 0.3 is 0 Å². The van der Waals surface area contributed by atoms with Crippen molar-refractivity contribution in [1.29, 1.82) is 0 Å². The Labute approximate surface area is 200 Å². The van der Waals surface area contributed by atoms with Crippen molar-refractivity contribution >= 4 is 17.4 Å². The van der Waals surface area contributed by atoms with Crippen LogP contribution in [-0.2, 0) is 9.53 Å². The molecule has 0 bridgehead atoms. The summed E-state index contributed by atoms with van der Waals surface area (Å²) in [5, 5.41) is 3.73. The molecule has 1 fully saturated rings. The number of carbonyl (C=O) groups excluding carboxylic acids is 1. The van der Waals surface area contributed by atoms with E-state index in [2.05, 4.69) is 5.32 Å². The minimum Gasteiger partial charge on any atom is -0.453 e. The summed E-state index contributed by atoms with van der Waals surface area (Å²) in [5.74, 6) is 0.631. The van der Waals surface area contributed by atoms with Gasteiger partial charge in [0.1, 0.15) is 11.5 Å². The van der Waals surface area contributed by atoms with Gasteiger partial charge in [-0.15, -0.1) is 0 Å². The highest BCUT2D eigenvalue weighted by atomic mass is 35.5. The lowest BCUT2D eigenvalue weighted by Gasteiger charge is -2.30. The van der Waals surface area contributed by atoms with Crippen molar-refractivity contribution in [2.45, 2.75) is 57.5 Å². The first-order valence-corrected chi connectivity index (χ1v) is 12.1. The van der Waals surface area contributed by atoms with Crippen molar-refractivity contribution in [2.75, 3.05) is 19.8 Å². The second-order valence-corrected chi connectivity index (χ2v) is 9.15. The van der Waals surface area contributed by atoms with E-state index in [-0.39, 0.29) is 28.6 Å². The molecule has 2 atom stereocenters. The molecule has 3 N–H and O–H groups in total. The summed E-state index contributed by atoms with van der Waals surface area (Å²) in [6.45, 7) is 3.90. The zero-order valence-corrected chi connectivity index (χ0v) is 20.0. The van der Waals surface area contributed by atoms with Crippen molar-refractivity contribution in [2.24, 2.45) is 11.7 Å². The highest BCUT2D eigenvalue weighted by molar-refractivity contribution is 6.32. The standard InChI is InChI=1S/C26H34ClFN2O3/c1-18(16-20(31)6-5-13-29)30-24(17-19-11-14-32-15-12-19)22-9-10-23(27)26(25(22)28)33-21-7-3-2-4-8-21/h2-4,7-10,18-19,24,30H,5-6,11-17,29H2,1H3/t18-,24+/m1/s1. The fourth-order valence-corrected chi connectivity index (χ4v) is 4.45. The number of hydrogen-bond donors (Lipinski definition) is 2. The van der Waals surface area contributed by atoms with E-state index in [4.69, 9.17) is 26.8 Å². The van der Waals surface area contributed by atoms with E-state index in [1.807, 2.05) is 25.1 Å². The van der Waals surface area contributed by atoms with Crippen LogP contribution in [0, 0.1) is 11.7 Å². The summed E-state index contributed by atoms with van der Waals surface area (Å²) in [5.41, 5.74) is 6.02. The van der Waals surface area contributed by atoms with E-state index < -0.39 is 5.82 Å². The van der Waals surface area contributed by atoms with Gasteiger partial charge in [0.25, 0.3) is 0 Å². The molecule has 5 nitrogen and oxygen atoms in total. The Morgan fingerprint density at radius 3 is 2.67 bits per heavy atom. The monoisotopic (exact) mass is 476 g/mol. The van der Waals surface area contributed by atoms with Gasteiger partial charge in [0, 0.05) is 43.7 Å². The Morgan fingerprint density at radius 2 is 1.97 bits per heavy atom. The van der Waals surface area contributed by atoms with Crippen LogP contribution in [0.15, 0.2) is 42.5 Å². The van der Waals surface area contributed by atoms with Gasteiger partial charge in [-0.1, -0.05) is 35.9 Å². The minimum absolute atomic E-state index is 0.0193. The van der Waals surface area contributed by atoms with Crippen LogP contribution in [0.3, 0.4) is 0 Å². The molecule has 0 radical (unpaired) electrons. The van der Waals surface area contributed by atoms with Gasteiger partial charge in [0.2, 0.25) is 0 Å². The predicted molar refractivity (Wildman–Crippen MR) is 129 cm³/mol. The number of hydrogen-bond acceptors (Lipinski definition) is 5. The van der Waals surface area contributed by atoms with Gasteiger partial charge in [-0.25, -0.2) is 4.39 Å². The second kappa shape index (κ2) is 13.0. The molecule has 7 heteroatoms. The van der Waals surface area contributed by atoms with Crippen LogP contribution in [0.5, 0.6) is 11.5 Å². The first kappa shape index (κ1) is 25.6. The summed E-state index contributed by atoms with van der Waals surface area (Å²) in [7, 11) is 0. The van der Waals surface area contributed by atoms with Gasteiger partial charge in [-0.05, 0) is 63.3 Å². The van der Waals surface area contributed by atoms with Crippen LogP contribution < -0.4 is 15.8 Å². The van der Waals surface area contributed by atoms with Crippen LogP contribution in [0.1, 0.15) is 57.1 Å². The zero-order chi connectivity index (χ0) is 23.6. The number of halogens is 2. The predicted octanol–water partition coefficient (Wildman–Crippen LogP) is 5.81. The Balaban J connectivity index is 1.82. The van der Waals surface area contributed by atoms with Crippen LogP contribution in [-0.4, -0.2) is 31.6 Å². The molecule has 0 aromatic heterocycles. The number of nitrogens with one attached hydrogen (secondary N) is 1. The van der Waals surface area contributed by atoms with Crippen molar-refractivity contribution in [3.05, 3.63) is 58.9 Å². The van der Waals surface area contributed by atoms with E-state index >= 15 is 4.39 Å². The summed E-state index contributed by atoms with van der Waals surface area (Å²) in [6, 6.07) is 12.0. The van der Waals surface area contributed by atoms with Crippen molar-refractivity contribution in [3.8, 4) is 11.5 Å². The molecule has 1 aliphatic heterocycles. The quantitative estimate of drug-likeness (QED) is 0.404. The summed E-state index contributed by atoms with van der Waals surface area (Å²) >= 11 is 6.31. The molecule has 1 saturated heterocycles. The third-order valence-corrected chi connectivity index (χ3v) is 6.30. The number of para-hydroxylation sites is 1. The Bertz CT molecular complexity index is 891. The molecule has 0 spiro atoms. The molecular formula is C26H34ClFN2O3. The normalized spacial score (nSPS) is 16.4. The summed E-state index contributed by atoms with van der Waals surface area (Å²) < 4.78 is 27.1. The van der Waals surface area contributed by atoms with Crippen molar-refractivity contribution in [3.63, 3.8) is 0 Å². The summed E-state index contributed by atoms with van der Waals surface area (Å²) in [4.78, 5) is 12.3. The third kappa shape index (κ3) is 7.78. The summed E-state index contributed by atoms with van der Waals surface area (Å²) in [6.07, 6.45) is 4.15. The lowest BCUT2D eigenvalue weighted by molar-refractivity contribution is -0.119. The molecule has 2 aromatic carbocycles. The number of ketones is 1. The fourth-order valence-electron chi connectivity index (χ4n) is 4.26. The molecule has 33 heavy (non-hydrogen) atoms. The highest BCUT2D eigenvalue weighted by Crippen LogP contribution is 2.38. The van der Waals surface area contributed by atoms with Gasteiger partial charge < -0.3 is 20.5 Å². The zero-order valence-electron chi connectivity index (χ0n) is 19.2. The van der Waals surface area contributed by atoms with E-state index in [9.17, 15) is 4.79 Å². The topological polar surface area (TPSA) is 73.6 Å². The molecule has 0 amide bonds. The van der Waals surface area contributed by atoms with Gasteiger partial charge in [0.05, 0.1) is 5.02 Å². The SMILES string of the molecule is C[C@H](CC(=O)CCCN)N[C@@H](CC1CCOCC1)c1ccc(Cl)c(Oc2ccccc2)c1F. The van der Waals surface area contributed by atoms with E-state index in [0.717, 1.165) is 32.5 Å². The van der Waals surface area contributed by atoms with E-state index in [1.165, 1.54) is 0 Å². The van der Waals surface area contributed by atoms with Crippen LogP contribution >= 0.6 is 11.6 Å². The average Bonchev–Trinajstić information content (AvgIpc) is 2.81. The molecule has 2 aromatic rings.